The van der Waals surface area contributed by atoms with Gasteiger partial charge in [-0.2, -0.15) is 9.29 Å². The summed E-state index contributed by atoms with van der Waals surface area (Å²) in [5.41, 5.74) is 0.688. The molecule has 0 N–H and O–H groups in total. The van der Waals surface area contributed by atoms with Crippen LogP contribution >= 0.6 is 0 Å². The van der Waals surface area contributed by atoms with Crippen LogP contribution in [0.4, 0.5) is 8.78 Å². The Hall–Kier alpha value is -2.89. The standard InChI is InChI=1S/C19H17F2N3O5S/c1-27-13-4-2-12(3-5-13)18-22-19(29-23-18)17-11-24(8-9-28-17)30(25,26)14-6-7-15(20)16(21)10-14/h2-7,10,17H,8-9,11H2,1H3/t17-/m1/s1. The zero-order valence-corrected chi connectivity index (χ0v) is 16.6. The molecule has 0 aliphatic carbocycles. The topological polar surface area (TPSA) is 94.8 Å². The fourth-order valence-electron chi connectivity index (χ4n) is 3.00. The highest BCUT2D eigenvalue weighted by atomic mass is 32.2. The molecule has 1 atom stereocenters. The molecular formula is C19H17F2N3O5S. The number of sulfonamides is 1. The minimum atomic E-state index is -4.05. The second-order valence-corrected chi connectivity index (χ2v) is 8.42. The zero-order chi connectivity index (χ0) is 21.3. The maximum Gasteiger partial charge on any atom is 0.257 e. The largest absolute Gasteiger partial charge is 0.497 e. The number of rotatable bonds is 5. The van der Waals surface area contributed by atoms with Crippen LogP contribution in [-0.4, -0.2) is 49.7 Å². The highest BCUT2D eigenvalue weighted by molar-refractivity contribution is 7.89. The highest BCUT2D eigenvalue weighted by Crippen LogP contribution is 2.28. The Morgan fingerprint density at radius 2 is 1.90 bits per heavy atom. The number of nitrogens with zero attached hydrogens (tertiary/aromatic N) is 3. The molecule has 1 aliphatic heterocycles. The van der Waals surface area contributed by atoms with E-state index in [1.165, 1.54) is 0 Å². The maximum absolute atomic E-state index is 13.5. The number of ether oxygens (including phenoxy) is 2. The van der Waals surface area contributed by atoms with Crippen LogP contribution in [0.2, 0.25) is 0 Å². The molecule has 0 unspecified atom stereocenters. The summed E-state index contributed by atoms with van der Waals surface area (Å²) in [6, 6.07) is 9.47. The summed E-state index contributed by atoms with van der Waals surface area (Å²) in [6.07, 6.45) is -0.793. The molecule has 0 saturated carbocycles. The number of hydrogen-bond donors (Lipinski definition) is 0. The fraction of sp³-hybridized carbons (Fsp3) is 0.263. The van der Waals surface area contributed by atoms with Gasteiger partial charge in [0.2, 0.25) is 15.8 Å². The molecule has 0 bridgehead atoms. The second kappa shape index (κ2) is 8.09. The molecule has 1 aromatic heterocycles. The Bertz CT molecular complexity index is 1150. The Labute approximate surface area is 171 Å². The van der Waals surface area contributed by atoms with Gasteiger partial charge in [-0.05, 0) is 42.5 Å². The van der Waals surface area contributed by atoms with E-state index in [0.717, 1.165) is 16.4 Å². The third-order valence-electron chi connectivity index (χ3n) is 4.62. The van der Waals surface area contributed by atoms with Crippen molar-refractivity contribution in [2.45, 2.75) is 11.0 Å². The van der Waals surface area contributed by atoms with Gasteiger partial charge in [0.15, 0.2) is 17.7 Å². The van der Waals surface area contributed by atoms with Crippen molar-refractivity contribution in [2.24, 2.45) is 0 Å². The summed E-state index contributed by atoms with van der Waals surface area (Å²) in [6.45, 7) is 0.0245. The molecule has 3 aromatic rings. The fourth-order valence-corrected chi connectivity index (χ4v) is 4.44. The van der Waals surface area contributed by atoms with E-state index in [0.29, 0.717) is 23.2 Å². The van der Waals surface area contributed by atoms with Gasteiger partial charge >= 0.3 is 0 Å². The summed E-state index contributed by atoms with van der Waals surface area (Å²) in [4.78, 5) is 3.96. The molecule has 0 spiro atoms. The van der Waals surface area contributed by atoms with Crippen molar-refractivity contribution in [1.29, 1.82) is 0 Å². The maximum atomic E-state index is 13.5. The summed E-state index contributed by atoms with van der Waals surface area (Å²) in [7, 11) is -2.49. The lowest BCUT2D eigenvalue weighted by Crippen LogP contribution is -2.42. The SMILES string of the molecule is COc1ccc(-c2noc([C@H]3CN(S(=O)(=O)c4ccc(F)c(F)c4)CCO3)n2)cc1. The van der Waals surface area contributed by atoms with Crippen molar-refractivity contribution < 1.29 is 31.2 Å². The van der Waals surface area contributed by atoms with E-state index in [-0.39, 0.29) is 30.5 Å². The zero-order valence-electron chi connectivity index (χ0n) is 15.8. The number of hydrogen-bond acceptors (Lipinski definition) is 7. The van der Waals surface area contributed by atoms with Crippen LogP contribution in [0.25, 0.3) is 11.4 Å². The highest BCUT2D eigenvalue weighted by Gasteiger charge is 2.34. The molecule has 0 amide bonds. The van der Waals surface area contributed by atoms with Gasteiger partial charge in [-0.15, -0.1) is 0 Å². The van der Waals surface area contributed by atoms with Crippen molar-refractivity contribution in [3.63, 3.8) is 0 Å². The molecule has 2 aromatic carbocycles. The van der Waals surface area contributed by atoms with Crippen molar-refractivity contribution >= 4 is 10.0 Å². The number of benzene rings is 2. The molecule has 11 heteroatoms. The van der Waals surface area contributed by atoms with Crippen molar-refractivity contribution in [3.8, 4) is 17.1 Å². The summed E-state index contributed by atoms with van der Waals surface area (Å²) < 4.78 is 69.4. The van der Waals surface area contributed by atoms with Gasteiger partial charge in [-0.1, -0.05) is 5.16 Å². The molecule has 2 heterocycles. The van der Waals surface area contributed by atoms with Gasteiger partial charge in [0.05, 0.1) is 18.6 Å². The van der Waals surface area contributed by atoms with Crippen LogP contribution in [0.5, 0.6) is 5.75 Å². The van der Waals surface area contributed by atoms with E-state index in [2.05, 4.69) is 10.1 Å². The van der Waals surface area contributed by atoms with Crippen molar-refractivity contribution in [1.82, 2.24) is 14.4 Å². The third kappa shape index (κ3) is 3.91. The van der Waals surface area contributed by atoms with Crippen molar-refractivity contribution in [2.75, 3.05) is 26.8 Å². The lowest BCUT2D eigenvalue weighted by atomic mass is 10.2. The van der Waals surface area contributed by atoms with E-state index in [4.69, 9.17) is 14.0 Å². The first kappa shape index (κ1) is 20.4. The first-order valence-electron chi connectivity index (χ1n) is 8.93. The smallest absolute Gasteiger partial charge is 0.257 e. The van der Waals surface area contributed by atoms with Gasteiger partial charge in [0, 0.05) is 18.7 Å². The number of aromatic nitrogens is 2. The summed E-state index contributed by atoms with van der Waals surface area (Å²) in [5, 5.41) is 3.92. The molecule has 4 rings (SSSR count). The molecule has 1 fully saturated rings. The summed E-state index contributed by atoms with van der Waals surface area (Å²) in [5.74, 6) is -1.24. The van der Waals surface area contributed by atoms with Crippen LogP contribution in [0.15, 0.2) is 51.9 Å². The summed E-state index contributed by atoms with van der Waals surface area (Å²) >= 11 is 0. The Kier molecular flexibility index (Phi) is 5.50. The van der Waals surface area contributed by atoms with Crippen molar-refractivity contribution in [3.05, 3.63) is 60.0 Å². The average molecular weight is 437 g/mol. The lowest BCUT2D eigenvalue weighted by molar-refractivity contribution is -0.0199. The van der Waals surface area contributed by atoms with Gasteiger partial charge in [0.1, 0.15) is 5.75 Å². The third-order valence-corrected chi connectivity index (χ3v) is 6.48. The number of morpholine rings is 1. The lowest BCUT2D eigenvalue weighted by Gasteiger charge is -2.30. The molecule has 8 nitrogen and oxygen atoms in total. The number of methoxy groups -OCH3 is 1. The molecule has 158 valence electrons. The van der Waals surface area contributed by atoms with E-state index < -0.39 is 27.8 Å². The van der Waals surface area contributed by atoms with Crippen LogP contribution in [-0.2, 0) is 14.8 Å². The van der Waals surface area contributed by atoms with E-state index >= 15 is 0 Å². The molecule has 30 heavy (non-hydrogen) atoms. The second-order valence-electron chi connectivity index (χ2n) is 6.48. The van der Waals surface area contributed by atoms with Crippen LogP contribution in [0.1, 0.15) is 12.0 Å². The predicted molar refractivity (Wildman–Crippen MR) is 100 cm³/mol. The Morgan fingerprint density at radius 1 is 1.13 bits per heavy atom. The molecule has 0 radical (unpaired) electrons. The van der Waals surface area contributed by atoms with Crippen LogP contribution in [0.3, 0.4) is 0 Å². The molecule has 1 saturated heterocycles. The van der Waals surface area contributed by atoms with Crippen LogP contribution < -0.4 is 4.74 Å². The first-order chi connectivity index (χ1) is 14.4. The molecular weight excluding hydrogens is 420 g/mol. The minimum Gasteiger partial charge on any atom is -0.497 e. The van der Waals surface area contributed by atoms with Gasteiger partial charge < -0.3 is 14.0 Å². The van der Waals surface area contributed by atoms with Gasteiger partial charge in [0.25, 0.3) is 5.89 Å². The molecule has 1 aliphatic rings. The normalized spacial score (nSPS) is 17.8. The van der Waals surface area contributed by atoms with Crippen LogP contribution in [0, 0.1) is 11.6 Å². The Balaban J connectivity index is 1.54. The first-order valence-corrected chi connectivity index (χ1v) is 10.4. The van der Waals surface area contributed by atoms with Gasteiger partial charge in [-0.3, -0.25) is 0 Å². The predicted octanol–water partition coefficient (Wildman–Crippen LogP) is 2.79. The van der Waals surface area contributed by atoms with Gasteiger partial charge in [-0.25, -0.2) is 17.2 Å². The van der Waals surface area contributed by atoms with E-state index in [1.54, 1.807) is 31.4 Å². The van der Waals surface area contributed by atoms with E-state index in [9.17, 15) is 17.2 Å². The van der Waals surface area contributed by atoms with E-state index in [1.807, 2.05) is 0 Å². The Morgan fingerprint density at radius 3 is 2.60 bits per heavy atom. The minimum absolute atomic E-state index is 0.0529. The quantitative estimate of drug-likeness (QED) is 0.606. The number of halogens is 2. The monoisotopic (exact) mass is 437 g/mol. The average Bonchev–Trinajstić information content (AvgIpc) is 3.26.